The fraction of sp³-hybridized carbons (Fsp3) is 0.115. The highest BCUT2D eigenvalue weighted by Gasteiger charge is 2.48. The summed E-state index contributed by atoms with van der Waals surface area (Å²) in [7, 11) is 0. The minimum Gasteiger partial charge on any atom is -0.507 e. The van der Waals surface area contributed by atoms with Crippen LogP contribution in [0.25, 0.3) is 16.0 Å². The van der Waals surface area contributed by atoms with Crippen LogP contribution in [0.2, 0.25) is 0 Å². The predicted molar refractivity (Wildman–Crippen MR) is 133 cm³/mol. The van der Waals surface area contributed by atoms with Crippen molar-refractivity contribution in [3.63, 3.8) is 0 Å². The van der Waals surface area contributed by atoms with E-state index in [0.717, 1.165) is 28.8 Å². The van der Waals surface area contributed by atoms with Gasteiger partial charge in [0.2, 0.25) is 0 Å². The molecule has 8 nitrogen and oxygen atoms in total. The molecule has 1 fully saturated rings. The van der Waals surface area contributed by atoms with Gasteiger partial charge in [0, 0.05) is 17.7 Å². The summed E-state index contributed by atoms with van der Waals surface area (Å²) in [6, 6.07) is 14.9. The number of fused-ring (bicyclic) bond motifs is 1. The molecule has 1 aliphatic rings. The van der Waals surface area contributed by atoms with Gasteiger partial charge >= 0.3 is 5.91 Å². The number of Topliss-reactive ketones (excluding diaryl/α,β-unsaturated/α-hetero) is 1. The Labute approximate surface area is 208 Å². The fourth-order valence-electron chi connectivity index (χ4n) is 4.17. The first-order valence-corrected chi connectivity index (χ1v) is 11.8. The molecule has 1 aliphatic heterocycles. The second kappa shape index (κ2) is 8.97. The maximum absolute atomic E-state index is 13.5. The monoisotopic (exact) mass is 503 g/mol. The number of carbonyl (C=O) groups is 2. The van der Waals surface area contributed by atoms with Gasteiger partial charge in [0.15, 0.2) is 5.13 Å². The third kappa shape index (κ3) is 3.91. The number of aromatic nitrogens is 1. The minimum atomic E-state index is -1.10. The van der Waals surface area contributed by atoms with Gasteiger partial charge in [-0.15, -0.1) is 0 Å². The summed E-state index contributed by atoms with van der Waals surface area (Å²) in [5.41, 5.74) is 1.88. The summed E-state index contributed by atoms with van der Waals surface area (Å²) in [6.45, 7) is 2.02. The third-order valence-electron chi connectivity index (χ3n) is 6.04. The lowest BCUT2D eigenvalue weighted by molar-refractivity contribution is -0.384. The molecule has 1 unspecified atom stereocenters. The largest absolute Gasteiger partial charge is 0.507 e. The van der Waals surface area contributed by atoms with Crippen molar-refractivity contribution >= 4 is 49.8 Å². The van der Waals surface area contributed by atoms with E-state index in [2.05, 4.69) is 4.98 Å². The van der Waals surface area contributed by atoms with Crippen LogP contribution in [0.4, 0.5) is 15.2 Å². The summed E-state index contributed by atoms with van der Waals surface area (Å²) >= 11 is 1.23. The molecule has 0 aliphatic carbocycles. The SMILES string of the molecule is CCc1ccc2nc(N3C(=O)C(=O)/C(=C(/O)c4ccc(F)cc4)C3c3ccc([N+](=O)[O-])cc3)sc2c1. The highest BCUT2D eigenvalue weighted by Crippen LogP contribution is 2.44. The molecule has 0 saturated carbocycles. The van der Waals surface area contributed by atoms with Crippen molar-refractivity contribution < 1.29 is 24.0 Å². The molecule has 180 valence electrons. The van der Waals surface area contributed by atoms with E-state index in [1.165, 1.54) is 52.6 Å². The molecule has 4 aromatic rings. The van der Waals surface area contributed by atoms with Crippen LogP contribution in [0.15, 0.2) is 72.3 Å². The Hall–Kier alpha value is -4.44. The molecule has 1 N–H and O–H groups in total. The van der Waals surface area contributed by atoms with Crippen LogP contribution in [0.1, 0.15) is 29.7 Å². The van der Waals surface area contributed by atoms with Gasteiger partial charge < -0.3 is 5.11 Å². The summed E-state index contributed by atoms with van der Waals surface area (Å²) < 4.78 is 14.3. The molecule has 1 saturated heterocycles. The molecule has 1 atom stereocenters. The Balaban J connectivity index is 1.71. The number of rotatable bonds is 5. The van der Waals surface area contributed by atoms with Gasteiger partial charge in [-0.05, 0) is 66.1 Å². The van der Waals surface area contributed by atoms with E-state index in [4.69, 9.17) is 0 Å². The van der Waals surface area contributed by atoms with Crippen molar-refractivity contribution in [2.24, 2.45) is 0 Å². The molecule has 3 aromatic carbocycles. The molecule has 1 amide bonds. The van der Waals surface area contributed by atoms with Crippen LogP contribution in [-0.2, 0) is 16.0 Å². The minimum absolute atomic E-state index is 0.151. The summed E-state index contributed by atoms with van der Waals surface area (Å²) in [5, 5.41) is 22.5. The van der Waals surface area contributed by atoms with Crippen molar-refractivity contribution in [1.82, 2.24) is 4.98 Å². The molecule has 36 heavy (non-hydrogen) atoms. The van der Waals surface area contributed by atoms with Gasteiger partial charge in [-0.2, -0.15) is 0 Å². The average molecular weight is 504 g/mol. The Kier molecular flexibility index (Phi) is 5.81. The number of amides is 1. The molecular weight excluding hydrogens is 485 g/mol. The number of nitro groups is 1. The van der Waals surface area contributed by atoms with Gasteiger partial charge in [-0.1, -0.05) is 24.3 Å². The number of ketones is 1. The molecular formula is C26H18FN3O5S. The van der Waals surface area contributed by atoms with E-state index in [1.54, 1.807) is 0 Å². The smallest absolute Gasteiger partial charge is 0.301 e. The summed E-state index contributed by atoms with van der Waals surface area (Å²) in [5.74, 6) is -2.83. The molecule has 10 heteroatoms. The number of hydrogen-bond acceptors (Lipinski definition) is 7. The first-order valence-electron chi connectivity index (χ1n) is 11.0. The first-order chi connectivity index (χ1) is 17.3. The van der Waals surface area contributed by atoms with E-state index >= 15 is 0 Å². The maximum atomic E-state index is 13.5. The molecule has 1 aromatic heterocycles. The van der Waals surface area contributed by atoms with Crippen LogP contribution in [-0.4, -0.2) is 26.7 Å². The highest BCUT2D eigenvalue weighted by atomic mass is 32.1. The number of non-ortho nitro benzene ring substituents is 1. The zero-order valence-electron chi connectivity index (χ0n) is 18.8. The number of carbonyl (C=O) groups excluding carboxylic acids is 2. The zero-order chi connectivity index (χ0) is 25.6. The van der Waals surface area contributed by atoms with Crippen molar-refractivity contribution in [3.05, 3.63) is 105 Å². The second-order valence-electron chi connectivity index (χ2n) is 8.18. The van der Waals surface area contributed by atoms with Crippen LogP contribution in [0.5, 0.6) is 0 Å². The topological polar surface area (TPSA) is 114 Å². The number of aliphatic hydroxyl groups excluding tert-OH is 1. The number of thiazole rings is 1. The Morgan fingerprint density at radius 1 is 1.11 bits per heavy atom. The van der Waals surface area contributed by atoms with Crippen molar-refractivity contribution in [1.29, 1.82) is 0 Å². The summed E-state index contributed by atoms with van der Waals surface area (Å²) in [4.78, 5) is 42.9. The van der Waals surface area contributed by atoms with Gasteiger partial charge in [-0.3, -0.25) is 24.6 Å². The third-order valence-corrected chi connectivity index (χ3v) is 7.06. The van der Waals surface area contributed by atoms with Crippen molar-refractivity contribution in [2.45, 2.75) is 19.4 Å². The number of hydrogen-bond donors (Lipinski definition) is 1. The summed E-state index contributed by atoms with van der Waals surface area (Å²) in [6.07, 6.45) is 0.814. The second-order valence-corrected chi connectivity index (χ2v) is 9.19. The Bertz CT molecular complexity index is 1560. The number of anilines is 1. The van der Waals surface area contributed by atoms with Crippen molar-refractivity contribution in [2.75, 3.05) is 4.90 Å². The highest BCUT2D eigenvalue weighted by molar-refractivity contribution is 7.22. The van der Waals surface area contributed by atoms with Gasteiger partial charge in [-0.25, -0.2) is 9.37 Å². The lowest BCUT2D eigenvalue weighted by Crippen LogP contribution is -2.29. The van der Waals surface area contributed by atoms with Gasteiger partial charge in [0.25, 0.3) is 11.5 Å². The number of aryl methyl sites for hydroxylation is 1. The zero-order valence-corrected chi connectivity index (χ0v) is 19.7. The predicted octanol–water partition coefficient (Wildman–Crippen LogP) is 5.53. The number of nitrogens with zero attached hydrogens (tertiary/aromatic N) is 3. The maximum Gasteiger partial charge on any atom is 0.301 e. The number of halogens is 1. The number of aliphatic hydroxyl groups is 1. The van der Waals surface area contributed by atoms with Crippen molar-refractivity contribution in [3.8, 4) is 0 Å². The molecule has 0 radical (unpaired) electrons. The van der Waals surface area contributed by atoms with Crippen LogP contribution >= 0.6 is 11.3 Å². The first kappa shape index (κ1) is 23.3. The van der Waals surface area contributed by atoms with E-state index < -0.39 is 34.2 Å². The van der Waals surface area contributed by atoms with Gasteiger partial charge in [0.1, 0.15) is 11.6 Å². The standard InChI is InChI=1S/C26H18FN3O5S/c1-2-14-3-12-19-20(13-14)36-26(28-19)29-22(15-6-10-18(11-7-15)30(34)35)21(24(32)25(29)33)23(31)16-4-8-17(27)9-5-16/h3-13,22,31H,2H2,1H3/b23-21+. The lowest BCUT2D eigenvalue weighted by atomic mass is 9.95. The van der Waals surface area contributed by atoms with Crippen LogP contribution < -0.4 is 4.90 Å². The lowest BCUT2D eigenvalue weighted by Gasteiger charge is -2.22. The molecule has 0 spiro atoms. The molecule has 5 rings (SSSR count). The van der Waals surface area contributed by atoms with E-state index in [0.29, 0.717) is 11.1 Å². The number of benzene rings is 3. The van der Waals surface area contributed by atoms with Crippen LogP contribution in [0, 0.1) is 15.9 Å². The normalized spacial score (nSPS) is 17.2. The molecule has 2 heterocycles. The van der Waals surface area contributed by atoms with Gasteiger partial charge in [0.05, 0.1) is 26.8 Å². The fourth-order valence-corrected chi connectivity index (χ4v) is 5.22. The van der Waals surface area contributed by atoms with E-state index in [1.807, 2.05) is 25.1 Å². The molecule has 0 bridgehead atoms. The van der Waals surface area contributed by atoms with Crippen LogP contribution in [0.3, 0.4) is 0 Å². The van der Waals surface area contributed by atoms with E-state index in [-0.39, 0.29) is 22.0 Å². The number of nitro benzene ring substituents is 1. The quantitative estimate of drug-likeness (QED) is 0.126. The Morgan fingerprint density at radius 2 is 1.81 bits per heavy atom. The average Bonchev–Trinajstić information content (AvgIpc) is 3.41. The van der Waals surface area contributed by atoms with E-state index in [9.17, 15) is 29.2 Å². The Morgan fingerprint density at radius 3 is 2.44 bits per heavy atom.